The van der Waals surface area contributed by atoms with Crippen LogP contribution in [0.15, 0.2) is 48.5 Å². The van der Waals surface area contributed by atoms with Crippen LogP contribution in [-0.4, -0.2) is 42.1 Å². The van der Waals surface area contributed by atoms with Crippen LogP contribution >= 0.6 is 11.6 Å². The largest absolute Gasteiger partial charge is 0.490 e. The Labute approximate surface area is 175 Å². The number of H-pyrrole nitrogens is 1. The van der Waals surface area contributed by atoms with Gasteiger partial charge in [-0.2, -0.15) is 0 Å². The van der Waals surface area contributed by atoms with Gasteiger partial charge in [-0.05, 0) is 56.2 Å². The molecule has 0 bridgehead atoms. The number of carbonyl (C=O) groups is 1. The van der Waals surface area contributed by atoms with Crippen LogP contribution in [0.25, 0.3) is 10.9 Å². The summed E-state index contributed by atoms with van der Waals surface area (Å²) in [4.78, 5) is 18.0. The summed E-state index contributed by atoms with van der Waals surface area (Å²) in [5.41, 5.74) is 2.32. The van der Waals surface area contributed by atoms with E-state index >= 15 is 0 Å². The number of rotatable bonds is 6. The normalized spacial score (nSPS) is 14.9. The maximum absolute atomic E-state index is 12.6. The van der Waals surface area contributed by atoms with Crippen LogP contribution in [0.1, 0.15) is 31.4 Å². The summed E-state index contributed by atoms with van der Waals surface area (Å²) in [5.74, 6) is 1.71. The molecule has 5 nitrogen and oxygen atoms in total. The Morgan fingerprint density at radius 2 is 1.83 bits per heavy atom. The van der Waals surface area contributed by atoms with Crippen LogP contribution in [0.3, 0.4) is 0 Å². The summed E-state index contributed by atoms with van der Waals surface area (Å²) in [6.07, 6.45) is 1.86. The second-order valence-electron chi connectivity index (χ2n) is 7.28. The Morgan fingerprint density at radius 3 is 2.55 bits per heavy atom. The summed E-state index contributed by atoms with van der Waals surface area (Å²) in [6, 6.07) is 15.5. The van der Waals surface area contributed by atoms with Crippen molar-refractivity contribution in [3.05, 3.63) is 59.2 Å². The van der Waals surface area contributed by atoms with Crippen LogP contribution in [0, 0.1) is 0 Å². The van der Waals surface area contributed by atoms with Gasteiger partial charge in [0.25, 0.3) is 5.91 Å². The second kappa shape index (κ2) is 8.78. The average molecular weight is 413 g/mol. The number of carbonyl (C=O) groups excluding carboxylic acids is 1. The topological polar surface area (TPSA) is 54.6 Å². The van der Waals surface area contributed by atoms with Crippen molar-refractivity contribution in [2.75, 3.05) is 26.3 Å². The molecule has 1 aliphatic rings. The Kier molecular flexibility index (Phi) is 5.95. The van der Waals surface area contributed by atoms with Crippen molar-refractivity contribution in [3.8, 4) is 11.5 Å². The molecule has 0 aliphatic carbocycles. The first-order chi connectivity index (χ1) is 14.1. The van der Waals surface area contributed by atoms with Crippen molar-refractivity contribution >= 4 is 28.4 Å². The Morgan fingerprint density at radius 1 is 1.10 bits per heavy atom. The zero-order chi connectivity index (χ0) is 20.2. The summed E-state index contributed by atoms with van der Waals surface area (Å²) < 4.78 is 11.3. The molecule has 3 aromatic rings. The molecule has 152 valence electrons. The van der Waals surface area contributed by atoms with Crippen LogP contribution in [0.2, 0.25) is 5.02 Å². The third kappa shape index (κ3) is 4.51. The summed E-state index contributed by atoms with van der Waals surface area (Å²) in [7, 11) is 0. The minimum Gasteiger partial charge on any atom is -0.490 e. The lowest BCUT2D eigenvalue weighted by atomic mass is 9.93. The minimum absolute atomic E-state index is 0.0122. The molecule has 0 atom stereocenters. The van der Waals surface area contributed by atoms with E-state index < -0.39 is 0 Å². The lowest BCUT2D eigenvalue weighted by Gasteiger charge is -2.31. The van der Waals surface area contributed by atoms with Gasteiger partial charge in [-0.1, -0.05) is 23.7 Å². The number of nitrogens with one attached hydrogen (secondary N) is 1. The van der Waals surface area contributed by atoms with E-state index in [1.54, 1.807) is 0 Å². The molecule has 6 heteroatoms. The van der Waals surface area contributed by atoms with Gasteiger partial charge in [0.1, 0.15) is 0 Å². The lowest BCUT2D eigenvalue weighted by Crippen LogP contribution is -2.40. The van der Waals surface area contributed by atoms with Gasteiger partial charge in [0, 0.05) is 40.6 Å². The Bertz CT molecular complexity index is 993. The second-order valence-corrected chi connectivity index (χ2v) is 7.72. The van der Waals surface area contributed by atoms with Crippen molar-refractivity contribution < 1.29 is 14.3 Å². The number of para-hydroxylation sites is 2. The molecule has 29 heavy (non-hydrogen) atoms. The van der Waals surface area contributed by atoms with E-state index in [2.05, 4.69) is 11.1 Å². The van der Waals surface area contributed by atoms with Gasteiger partial charge in [-0.15, -0.1) is 0 Å². The number of likely N-dealkylation sites (tertiary alicyclic amines) is 1. The van der Waals surface area contributed by atoms with E-state index in [1.807, 2.05) is 54.3 Å². The van der Waals surface area contributed by atoms with Crippen LogP contribution in [0.5, 0.6) is 11.5 Å². The quantitative estimate of drug-likeness (QED) is 0.619. The predicted octanol–water partition coefficient (Wildman–Crippen LogP) is 5.01. The smallest absolute Gasteiger partial charge is 0.260 e. The molecule has 4 rings (SSSR count). The molecule has 0 radical (unpaired) electrons. The summed E-state index contributed by atoms with van der Waals surface area (Å²) in [6.45, 7) is 3.97. The van der Waals surface area contributed by atoms with Crippen molar-refractivity contribution in [1.82, 2.24) is 9.88 Å². The predicted molar refractivity (Wildman–Crippen MR) is 115 cm³/mol. The number of aromatic amines is 1. The fraction of sp³-hybridized carbons (Fsp3) is 0.348. The van der Waals surface area contributed by atoms with E-state index in [0.29, 0.717) is 24.0 Å². The van der Waals surface area contributed by atoms with Crippen LogP contribution in [0.4, 0.5) is 0 Å². The third-order valence-electron chi connectivity index (χ3n) is 5.39. The van der Waals surface area contributed by atoms with E-state index in [1.165, 1.54) is 5.69 Å². The molecule has 0 saturated carbocycles. The number of benzene rings is 2. The van der Waals surface area contributed by atoms with Crippen molar-refractivity contribution in [2.45, 2.75) is 25.7 Å². The van der Waals surface area contributed by atoms with E-state index in [0.717, 1.165) is 41.9 Å². The standard InChI is InChI=1S/C23H25ClN2O3/c1-2-28-21-5-3-4-6-22(21)29-15-23(27)26-11-9-16(10-12-26)20-14-17-13-18(24)7-8-19(17)25-20/h3-8,13-14,16,25H,2,9-12,15H2,1H3. The molecule has 1 aromatic heterocycles. The number of nitrogens with zero attached hydrogens (tertiary/aromatic N) is 1. The number of aromatic nitrogens is 1. The van der Waals surface area contributed by atoms with Gasteiger partial charge in [-0.25, -0.2) is 0 Å². The first-order valence-corrected chi connectivity index (χ1v) is 10.4. The molecule has 1 amide bonds. The van der Waals surface area contributed by atoms with Gasteiger partial charge >= 0.3 is 0 Å². The molecule has 0 spiro atoms. The highest BCUT2D eigenvalue weighted by Gasteiger charge is 2.25. The SMILES string of the molecule is CCOc1ccccc1OCC(=O)N1CCC(c2cc3cc(Cl)ccc3[nH]2)CC1. The van der Waals surface area contributed by atoms with Gasteiger partial charge in [0.2, 0.25) is 0 Å². The van der Waals surface area contributed by atoms with Crippen molar-refractivity contribution in [1.29, 1.82) is 0 Å². The minimum atomic E-state index is 0.0122. The number of hydrogen-bond donors (Lipinski definition) is 1. The molecule has 2 aromatic carbocycles. The first kappa shape index (κ1) is 19.6. The number of hydrogen-bond acceptors (Lipinski definition) is 3. The Hall–Kier alpha value is -2.66. The highest BCUT2D eigenvalue weighted by molar-refractivity contribution is 6.31. The lowest BCUT2D eigenvalue weighted by molar-refractivity contribution is -0.134. The monoisotopic (exact) mass is 412 g/mol. The molecule has 0 unspecified atom stereocenters. The molecule has 2 heterocycles. The molecule has 1 N–H and O–H groups in total. The van der Waals surface area contributed by atoms with Crippen molar-refractivity contribution in [2.24, 2.45) is 0 Å². The maximum Gasteiger partial charge on any atom is 0.260 e. The molecular formula is C23H25ClN2O3. The van der Waals surface area contributed by atoms with Gasteiger partial charge in [-0.3, -0.25) is 4.79 Å². The molecule has 1 aliphatic heterocycles. The Balaban J connectivity index is 1.32. The zero-order valence-electron chi connectivity index (χ0n) is 16.5. The van der Waals surface area contributed by atoms with E-state index in [4.69, 9.17) is 21.1 Å². The van der Waals surface area contributed by atoms with Gasteiger partial charge in [0.15, 0.2) is 18.1 Å². The van der Waals surface area contributed by atoms with Crippen LogP contribution < -0.4 is 9.47 Å². The number of amides is 1. The fourth-order valence-corrected chi connectivity index (χ4v) is 4.04. The number of halogens is 1. The summed E-state index contributed by atoms with van der Waals surface area (Å²) in [5, 5.41) is 1.88. The number of piperidine rings is 1. The van der Waals surface area contributed by atoms with Crippen molar-refractivity contribution in [3.63, 3.8) is 0 Å². The maximum atomic E-state index is 12.6. The highest BCUT2D eigenvalue weighted by Crippen LogP contribution is 2.31. The van der Waals surface area contributed by atoms with Crippen LogP contribution in [-0.2, 0) is 4.79 Å². The number of fused-ring (bicyclic) bond motifs is 1. The van der Waals surface area contributed by atoms with E-state index in [-0.39, 0.29) is 12.5 Å². The summed E-state index contributed by atoms with van der Waals surface area (Å²) >= 11 is 6.09. The average Bonchev–Trinajstić information content (AvgIpc) is 3.16. The molecular weight excluding hydrogens is 388 g/mol. The molecule has 1 saturated heterocycles. The van der Waals surface area contributed by atoms with Gasteiger partial charge < -0.3 is 19.4 Å². The zero-order valence-corrected chi connectivity index (χ0v) is 17.2. The molecule has 1 fully saturated rings. The first-order valence-electron chi connectivity index (χ1n) is 10.0. The van der Waals surface area contributed by atoms with Gasteiger partial charge in [0.05, 0.1) is 6.61 Å². The van der Waals surface area contributed by atoms with E-state index in [9.17, 15) is 4.79 Å². The third-order valence-corrected chi connectivity index (χ3v) is 5.63. The fourth-order valence-electron chi connectivity index (χ4n) is 3.86. The number of ether oxygens (including phenoxy) is 2. The highest BCUT2D eigenvalue weighted by atomic mass is 35.5.